The summed E-state index contributed by atoms with van der Waals surface area (Å²) in [5, 5.41) is 0.570. The number of rotatable bonds is 1. The predicted octanol–water partition coefficient (Wildman–Crippen LogP) is 3.73. The van der Waals surface area contributed by atoms with Crippen LogP contribution in [-0.2, 0) is 6.42 Å². The molecule has 0 spiro atoms. The van der Waals surface area contributed by atoms with E-state index in [1.54, 1.807) is 17.0 Å². The first-order chi connectivity index (χ1) is 9.58. The van der Waals surface area contributed by atoms with Crippen molar-refractivity contribution in [1.82, 2.24) is 0 Å². The number of fused-ring (bicyclic) bond motifs is 1. The number of carbonyl (C=O) groups excluding carboxylic acids is 1. The monoisotopic (exact) mass is 398 g/mol. The fourth-order valence-electron chi connectivity index (χ4n) is 2.48. The highest BCUT2D eigenvalue weighted by atomic mass is 127. The zero-order valence-corrected chi connectivity index (χ0v) is 13.5. The van der Waals surface area contributed by atoms with E-state index in [1.165, 1.54) is 0 Å². The van der Waals surface area contributed by atoms with Crippen molar-refractivity contribution >= 4 is 51.5 Å². The van der Waals surface area contributed by atoms with Gasteiger partial charge in [-0.2, -0.15) is 0 Å². The summed E-state index contributed by atoms with van der Waals surface area (Å²) in [5.74, 6) is -0.0266. The van der Waals surface area contributed by atoms with Crippen LogP contribution in [0.2, 0.25) is 5.02 Å². The first kappa shape index (κ1) is 13.7. The van der Waals surface area contributed by atoms with Crippen LogP contribution < -0.4 is 10.6 Å². The highest BCUT2D eigenvalue weighted by Gasteiger charge is 2.27. The van der Waals surface area contributed by atoms with Gasteiger partial charge in [-0.15, -0.1) is 0 Å². The summed E-state index contributed by atoms with van der Waals surface area (Å²) in [7, 11) is 0. The molecule has 3 nitrogen and oxygen atoms in total. The number of nitrogens with zero attached hydrogens (tertiary/aromatic N) is 1. The van der Waals surface area contributed by atoms with Crippen molar-refractivity contribution in [3.8, 4) is 0 Å². The normalized spacial score (nSPS) is 13.4. The maximum Gasteiger partial charge on any atom is 0.259 e. The number of nitrogens with two attached hydrogens (primary N) is 1. The van der Waals surface area contributed by atoms with Gasteiger partial charge in [-0.3, -0.25) is 4.79 Å². The first-order valence-electron chi connectivity index (χ1n) is 6.22. The lowest BCUT2D eigenvalue weighted by molar-refractivity contribution is 0.0988. The van der Waals surface area contributed by atoms with Crippen molar-refractivity contribution < 1.29 is 4.79 Å². The zero-order valence-electron chi connectivity index (χ0n) is 10.6. The molecule has 3 rings (SSSR count). The average Bonchev–Trinajstić information content (AvgIpc) is 2.86. The van der Waals surface area contributed by atoms with Crippen LogP contribution in [-0.4, -0.2) is 12.5 Å². The molecule has 0 unspecified atom stereocenters. The Balaban J connectivity index is 2.02. The molecule has 0 atom stereocenters. The van der Waals surface area contributed by atoms with E-state index in [9.17, 15) is 4.79 Å². The quantitative estimate of drug-likeness (QED) is 0.588. The van der Waals surface area contributed by atoms with Crippen LogP contribution in [0.25, 0.3) is 0 Å². The van der Waals surface area contributed by atoms with Gasteiger partial charge in [-0.05, 0) is 59.3 Å². The van der Waals surface area contributed by atoms with Gasteiger partial charge >= 0.3 is 0 Å². The van der Waals surface area contributed by atoms with Crippen molar-refractivity contribution in [1.29, 1.82) is 0 Å². The number of halogens is 2. The van der Waals surface area contributed by atoms with Crippen molar-refractivity contribution in [2.24, 2.45) is 0 Å². The second-order valence-electron chi connectivity index (χ2n) is 4.68. The Morgan fingerprint density at radius 1 is 1.30 bits per heavy atom. The minimum absolute atomic E-state index is 0.0266. The minimum atomic E-state index is -0.0266. The van der Waals surface area contributed by atoms with Crippen molar-refractivity contribution in [3.05, 3.63) is 56.1 Å². The molecule has 2 aromatic carbocycles. The number of hydrogen-bond donors (Lipinski definition) is 1. The number of hydrogen-bond acceptors (Lipinski definition) is 2. The topological polar surface area (TPSA) is 46.3 Å². The lowest BCUT2D eigenvalue weighted by atomic mass is 10.1. The van der Waals surface area contributed by atoms with E-state index >= 15 is 0 Å². The Morgan fingerprint density at radius 2 is 2.10 bits per heavy atom. The van der Waals surface area contributed by atoms with Gasteiger partial charge in [-0.25, -0.2) is 0 Å². The number of amides is 1. The van der Waals surface area contributed by atoms with Gasteiger partial charge in [0.2, 0.25) is 0 Å². The average molecular weight is 399 g/mol. The zero-order chi connectivity index (χ0) is 14.3. The number of benzene rings is 2. The molecule has 0 aliphatic carbocycles. The molecule has 0 radical (unpaired) electrons. The van der Waals surface area contributed by atoms with Gasteiger partial charge in [0.1, 0.15) is 0 Å². The molecular formula is C15H12ClIN2O. The Hall–Kier alpha value is -1.27. The molecule has 1 aliphatic rings. The maximum atomic E-state index is 12.7. The van der Waals surface area contributed by atoms with Gasteiger partial charge < -0.3 is 10.6 Å². The Labute approximate surface area is 135 Å². The second kappa shape index (κ2) is 5.26. The summed E-state index contributed by atoms with van der Waals surface area (Å²) in [5.41, 5.74) is 9.31. The van der Waals surface area contributed by atoms with Crippen molar-refractivity contribution in [2.75, 3.05) is 17.2 Å². The largest absolute Gasteiger partial charge is 0.398 e. The van der Waals surface area contributed by atoms with Crippen LogP contribution in [0.15, 0.2) is 36.4 Å². The molecule has 0 aromatic heterocycles. The molecule has 102 valence electrons. The van der Waals surface area contributed by atoms with Gasteiger partial charge in [0.15, 0.2) is 0 Å². The third-order valence-corrected chi connectivity index (χ3v) is 4.64. The molecule has 20 heavy (non-hydrogen) atoms. The number of carbonyl (C=O) groups is 1. The van der Waals surface area contributed by atoms with Crippen LogP contribution >= 0.6 is 34.2 Å². The lowest BCUT2D eigenvalue weighted by Gasteiger charge is -2.18. The number of nitrogen functional groups attached to an aromatic ring is 1. The highest BCUT2D eigenvalue weighted by molar-refractivity contribution is 14.1. The first-order valence-corrected chi connectivity index (χ1v) is 7.68. The molecule has 5 heteroatoms. The molecule has 1 heterocycles. The Morgan fingerprint density at radius 3 is 2.90 bits per heavy atom. The van der Waals surface area contributed by atoms with E-state index in [2.05, 4.69) is 22.6 Å². The van der Waals surface area contributed by atoms with Crippen LogP contribution in [0.1, 0.15) is 15.9 Å². The van der Waals surface area contributed by atoms with Gasteiger partial charge in [-0.1, -0.05) is 17.7 Å². The summed E-state index contributed by atoms with van der Waals surface area (Å²) >= 11 is 8.15. The van der Waals surface area contributed by atoms with Crippen molar-refractivity contribution in [2.45, 2.75) is 6.42 Å². The summed E-state index contributed by atoms with van der Waals surface area (Å²) in [6.07, 6.45) is 0.797. The number of anilines is 2. The standard InChI is InChI=1S/C15H12ClIN2O/c16-9-4-5-12(17)11(8-9)15(20)19-7-6-10-13(18)2-1-3-14(10)19/h1-5,8H,6-7,18H2. The summed E-state index contributed by atoms with van der Waals surface area (Å²) in [6.45, 7) is 0.658. The van der Waals surface area contributed by atoms with Crippen LogP contribution in [0.3, 0.4) is 0 Å². The molecule has 1 amide bonds. The molecule has 2 aromatic rings. The summed E-state index contributed by atoms with van der Waals surface area (Å²) in [4.78, 5) is 14.5. The van der Waals surface area contributed by atoms with E-state index in [0.717, 1.165) is 26.9 Å². The minimum Gasteiger partial charge on any atom is -0.398 e. The fraction of sp³-hybridized carbons (Fsp3) is 0.133. The molecule has 0 saturated heterocycles. The lowest BCUT2D eigenvalue weighted by Crippen LogP contribution is -2.29. The molecule has 0 fully saturated rings. The maximum absolute atomic E-state index is 12.7. The third-order valence-electron chi connectivity index (χ3n) is 3.47. The Bertz CT molecular complexity index is 702. The van der Waals surface area contributed by atoms with Gasteiger partial charge in [0.05, 0.1) is 5.56 Å². The second-order valence-corrected chi connectivity index (χ2v) is 6.27. The van der Waals surface area contributed by atoms with Gasteiger partial charge in [0.25, 0.3) is 5.91 Å². The van der Waals surface area contributed by atoms with E-state index in [-0.39, 0.29) is 5.91 Å². The van der Waals surface area contributed by atoms with E-state index < -0.39 is 0 Å². The van der Waals surface area contributed by atoms with Crippen LogP contribution in [0, 0.1) is 3.57 Å². The third kappa shape index (κ3) is 2.27. The SMILES string of the molecule is Nc1cccc2c1CCN2C(=O)c1cc(Cl)ccc1I. The van der Waals surface area contributed by atoms with E-state index in [4.69, 9.17) is 17.3 Å². The molecule has 1 aliphatic heterocycles. The smallest absolute Gasteiger partial charge is 0.259 e. The van der Waals surface area contributed by atoms with E-state index in [0.29, 0.717) is 17.1 Å². The highest BCUT2D eigenvalue weighted by Crippen LogP contribution is 2.33. The molecule has 2 N–H and O–H groups in total. The van der Waals surface area contributed by atoms with Crippen molar-refractivity contribution in [3.63, 3.8) is 0 Å². The molecule has 0 saturated carbocycles. The van der Waals surface area contributed by atoms with Crippen LogP contribution in [0.4, 0.5) is 11.4 Å². The summed E-state index contributed by atoms with van der Waals surface area (Å²) < 4.78 is 0.898. The predicted molar refractivity (Wildman–Crippen MR) is 90.4 cm³/mol. The molecular weight excluding hydrogens is 387 g/mol. The molecule has 0 bridgehead atoms. The summed E-state index contributed by atoms with van der Waals surface area (Å²) in [6, 6.07) is 11.0. The van der Waals surface area contributed by atoms with Gasteiger partial charge in [0, 0.05) is 32.1 Å². The van der Waals surface area contributed by atoms with E-state index in [1.807, 2.05) is 24.3 Å². The Kier molecular flexibility index (Phi) is 3.60. The van der Waals surface area contributed by atoms with Crippen LogP contribution in [0.5, 0.6) is 0 Å². The fourth-order valence-corrected chi connectivity index (χ4v) is 3.22.